The summed E-state index contributed by atoms with van der Waals surface area (Å²) in [5.41, 5.74) is 6.65. The lowest BCUT2D eigenvalue weighted by atomic mass is 9.97. The van der Waals surface area contributed by atoms with Crippen LogP contribution in [0.2, 0.25) is 0 Å². The Morgan fingerprint density at radius 1 is 1.56 bits per heavy atom. The van der Waals surface area contributed by atoms with Crippen molar-refractivity contribution in [1.29, 1.82) is 0 Å². The average Bonchev–Trinajstić information content (AvgIpc) is 2.55. The van der Waals surface area contributed by atoms with Gasteiger partial charge in [-0.3, -0.25) is 9.48 Å². The molecule has 0 radical (unpaired) electrons. The predicted octanol–water partition coefficient (Wildman–Crippen LogP) is 1.26. The van der Waals surface area contributed by atoms with Crippen LogP contribution < -0.4 is 11.1 Å². The van der Waals surface area contributed by atoms with Crippen molar-refractivity contribution >= 4 is 11.6 Å². The minimum atomic E-state index is -0.160. The van der Waals surface area contributed by atoms with E-state index in [1.54, 1.807) is 4.68 Å². The van der Waals surface area contributed by atoms with E-state index in [1.165, 1.54) is 6.20 Å². The van der Waals surface area contributed by atoms with Gasteiger partial charge < -0.3 is 11.1 Å². The first-order valence-electron chi connectivity index (χ1n) is 5.44. The average molecular weight is 224 g/mol. The Labute approximate surface area is 96.0 Å². The first-order valence-corrected chi connectivity index (χ1v) is 5.44. The maximum atomic E-state index is 11.9. The van der Waals surface area contributed by atoms with E-state index in [2.05, 4.69) is 31.2 Å². The fourth-order valence-corrected chi connectivity index (χ4v) is 1.32. The van der Waals surface area contributed by atoms with Crippen LogP contribution >= 0.6 is 0 Å². The number of aryl methyl sites for hydroxylation is 1. The molecule has 1 amide bonds. The van der Waals surface area contributed by atoms with Crippen LogP contribution in [0.4, 0.5) is 5.69 Å². The van der Waals surface area contributed by atoms with E-state index >= 15 is 0 Å². The van der Waals surface area contributed by atoms with E-state index in [1.807, 2.05) is 6.92 Å². The van der Waals surface area contributed by atoms with E-state index in [0.717, 1.165) is 0 Å². The van der Waals surface area contributed by atoms with Crippen LogP contribution in [-0.2, 0) is 6.54 Å². The monoisotopic (exact) mass is 224 g/mol. The molecule has 0 aliphatic carbocycles. The van der Waals surface area contributed by atoms with Gasteiger partial charge in [-0.05, 0) is 12.3 Å². The molecule has 1 aromatic rings. The van der Waals surface area contributed by atoms with Gasteiger partial charge in [0, 0.05) is 13.1 Å². The zero-order valence-corrected chi connectivity index (χ0v) is 10.4. The molecule has 16 heavy (non-hydrogen) atoms. The Balaban J connectivity index is 2.76. The van der Waals surface area contributed by atoms with Gasteiger partial charge in [-0.15, -0.1) is 0 Å². The molecule has 0 aromatic carbocycles. The van der Waals surface area contributed by atoms with E-state index in [0.29, 0.717) is 24.5 Å². The molecular formula is C11H20N4O. The van der Waals surface area contributed by atoms with E-state index in [9.17, 15) is 4.79 Å². The van der Waals surface area contributed by atoms with Gasteiger partial charge in [0.2, 0.25) is 0 Å². The van der Waals surface area contributed by atoms with Gasteiger partial charge in [-0.25, -0.2) is 0 Å². The van der Waals surface area contributed by atoms with Gasteiger partial charge in [-0.1, -0.05) is 20.8 Å². The third kappa shape index (κ3) is 2.98. The van der Waals surface area contributed by atoms with Gasteiger partial charge in [-0.2, -0.15) is 5.10 Å². The molecule has 0 bridgehead atoms. The smallest absolute Gasteiger partial charge is 0.271 e. The molecule has 5 nitrogen and oxygen atoms in total. The standard InChI is InChI=1S/C11H20N4O/c1-5-15-9(8(12)6-14-15)10(16)13-7-11(2,3)4/h6H,5,7,12H2,1-4H3,(H,13,16). The summed E-state index contributed by atoms with van der Waals surface area (Å²) < 4.78 is 1.60. The van der Waals surface area contributed by atoms with Crippen molar-refractivity contribution in [2.45, 2.75) is 34.2 Å². The molecule has 1 heterocycles. The summed E-state index contributed by atoms with van der Waals surface area (Å²) in [7, 11) is 0. The van der Waals surface area contributed by atoms with E-state index in [4.69, 9.17) is 5.73 Å². The summed E-state index contributed by atoms with van der Waals surface area (Å²) >= 11 is 0. The van der Waals surface area contributed by atoms with Crippen molar-refractivity contribution < 1.29 is 4.79 Å². The number of carbonyl (C=O) groups excluding carboxylic acids is 1. The first-order chi connectivity index (χ1) is 7.35. The maximum Gasteiger partial charge on any atom is 0.271 e. The van der Waals surface area contributed by atoms with Crippen molar-refractivity contribution in [3.05, 3.63) is 11.9 Å². The highest BCUT2D eigenvalue weighted by Crippen LogP contribution is 2.13. The molecular weight excluding hydrogens is 204 g/mol. The largest absolute Gasteiger partial charge is 0.396 e. The molecule has 0 saturated heterocycles. The lowest BCUT2D eigenvalue weighted by Gasteiger charge is -2.18. The number of nitrogens with zero attached hydrogens (tertiary/aromatic N) is 2. The molecule has 3 N–H and O–H groups in total. The summed E-state index contributed by atoms with van der Waals surface area (Å²) in [4.78, 5) is 11.9. The zero-order valence-electron chi connectivity index (χ0n) is 10.4. The predicted molar refractivity (Wildman–Crippen MR) is 64.1 cm³/mol. The van der Waals surface area contributed by atoms with Crippen molar-refractivity contribution in [1.82, 2.24) is 15.1 Å². The molecule has 1 rings (SSSR count). The van der Waals surface area contributed by atoms with Crippen LogP contribution in [0.15, 0.2) is 6.20 Å². The SMILES string of the molecule is CCn1ncc(N)c1C(=O)NCC(C)(C)C. The topological polar surface area (TPSA) is 72.9 Å². The highest BCUT2D eigenvalue weighted by molar-refractivity contribution is 5.97. The second kappa shape index (κ2) is 4.55. The summed E-state index contributed by atoms with van der Waals surface area (Å²) in [6.45, 7) is 9.36. The minimum Gasteiger partial charge on any atom is -0.396 e. The molecule has 0 spiro atoms. The number of nitrogens with two attached hydrogens (primary N) is 1. The normalized spacial score (nSPS) is 11.5. The summed E-state index contributed by atoms with van der Waals surface area (Å²) in [6.07, 6.45) is 1.51. The highest BCUT2D eigenvalue weighted by Gasteiger charge is 2.18. The second-order valence-corrected chi connectivity index (χ2v) is 5.01. The molecule has 1 aromatic heterocycles. The number of anilines is 1. The molecule has 0 aliphatic rings. The van der Waals surface area contributed by atoms with Crippen molar-refractivity contribution in [3.63, 3.8) is 0 Å². The van der Waals surface area contributed by atoms with E-state index in [-0.39, 0.29) is 11.3 Å². The fourth-order valence-electron chi connectivity index (χ4n) is 1.32. The van der Waals surface area contributed by atoms with Crippen LogP contribution in [0.25, 0.3) is 0 Å². The lowest BCUT2D eigenvalue weighted by molar-refractivity contribution is 0.0929. The Morgan fingerprint density at radius 3 is 2.69 bits per heavy atom. The third-order valence-corrected chi connectivity index (χ3v) is 2.16. The van der Waals surface area contributed by atoms with Crippen LogP contribution in [-0.4, -0.2) is 22.2 Å². The number of hydrogen-bond donors (Lipinski definition) is 2. The lowest BCUT2D eigenvalue weighted by Crippen LogP contribution is -2.34. The number of hydrogen-bond acceptors (Lipinski definition) is 3. The molecule has 0 atom stereocenters. The zero-order chi connectivity index (χ0) is 12.3. The van der Waals surface area contributed by atoms with Crippen molar-refractivity contribution in [2.75, 3.05) is 12.3 Å². The van der Waals surface area contributed by atoms with Crippen LogP contribution in [0.3, 0.4) is 0 Å². The number of aromatic nitrogens is 2. The Kier molecular flexibility index (Phi) is 3.57. The fraction of sp³-hybridized carbons (Fsp3) is 0.636. The number of nitrogen functional groups attached to an aromatic ring is 1. The second-order valence-electron chi connectivity index (χ2n) is 5.01. The van der Waals surface area contributed by atoms with Gasteiger partial charge in [0.15, 0.2) is 0 Å². The van der Waals surface area contributed by atoms with E-state index < -0.39 is 0 Å². The maximum absolute atomic E-state index is 11.9. The molecule has 0 unspecified atom stereocenters. The highest BCUT2D eigenvalue weighted by atomic mass is 16.2. The Hall–Kier alpha value is -1.52. The number of amides is 1. The molecule has 0 saturated carbocycles. The van der Waals surface area contributed by atoms with Crippen molar-refractivity contribution in [2.24, 2.45) is 5.41 Å². The first kappa shape index (κ1) is 12.5. The van der Waals surface area contributed by atoms with Gasteiger partial charge in [0.05, 0.1) is 11.9 Å². The quantitative estimate of drug-likeness (QED) is 0.811. The molecule has 0 aliphatic heterocycles. The van der Waals surface area contributed by atoms with Gasteiger partial charge >= 0.3 is 0 Å². The molecule has 90 valence electrons. The van der Waals surface area contributed by atoms with Gasteiger partial charge in [0.1, 0.15) is 5.69 Å². The molecule has 5 heteroatoms. The Bertz CT molecular complexity index is 376. The summed E-state index contributed by atoms with van der Waals surface area (Å²) in [5, 5.41) is 6.89. The minimum absolute atomic E-state index is 0.0570. The van der Waals surface area contributed by atoms with Gasteiger partial charge in [0.25, 0.3) is 5.91 Å². The molecule has 0 fully saturated rings. The third-order valence-electron chi connectivity index (χ3n) is 2.16. The Morgan fingerprint density at radius 2 is 2.19 bits per heavy atom. The van der Waals surface area contributed by atoms with Crippen molar-refractivity contribution in [3.8, 4) is 0 Å². The van der Waals surface area contributed by atoms with Crippen LogP contribution in [0.5, 0.6) is 0 Å². The number of nitrogens with one attached hydrogen (secondary N) is 1. The number of carbonyl (C=O) groups is 1. The summed E-state index contributed by atoms with van der Waals surface area (Å²) in [5.74, 6) is -0.160. The van der Waals surface area contributed by atoms with Crippen LogP contribution in [0.1, 0.15) is 38.2 Å². The van der Waals surface area contributed by atoms with Crippen LogP contribution in [0, 0.1) is 5.41 Å². The number of rotatable bonds is 3. The summed E-state index contributed by atoms with van der Waals surface area (Å²) in [6, 6.07) is 0.